The molecule has 0 spiro atoms. The van der Waals surface area contributed by atoms with Crippen LogP contribution < -0.4 is 0 Å². The van der Waals surface area contributed by atoms with Gasteiger partial charge in [0.05, 0.1) is 0 Å². The maximum Gasteiger partial charge on any atom is 0.138 e. The maximum atomic E-state index is 6.27. The summed E-state index contributed by atoms with van der Waals surface area (Å²) in [7, 11) is 0. The highest BCUT2D eigenvalue weighted by atomic mass is 32.1. The van der Waals surface area contributed by atoms with E-state index in [1.807, 2.05) is 22.7 Å². The van der Waals surface area contributed by atoms with Crippen LogP contribution in [0.1, 0.15) is 226 Å². The van der Waals surface area contributed by atoms with E-state index in [4.69, 9.17) is 4.42 Å². The zero-order valence-electron chi connectivity index (χ0n) is 75.4. The molecule has 6 aliphatic rings. The molecule has 0 aliphatic heterocycles. The average Bonchev–Trinajstić information content (AvgIpc) is 1.60. The third kappa shape index (κ3) is 15.3. The van der Waals surface area contributed by atoms with Gasteiger partial charge in [0, 0.05) is 72.8 Å². The predicted octanol–water partition coefficient (Wildman–Crippen LogP) is 35.6. The highest BCUT2D eigenvalue weighted by molar-refractivity contribution is 7.26. The first-order valence-corrected chi connectivity index (χ1v) is 47.2. The van der Waals surface area contributed by atoms with Crippen molar-refractivity contribution in [1.29, 1.82) is 0 Å². The summed E-state index contributed by atoms with van der Waals surface area (Å²) in [5, 5.41) is 8.21. The van der Waals surface area contributed by atoms with Crippen molar-refractivity contribution in [1.82, 2.24) is 0 Å². The molecule has 0 radical (unpaired) electrons. The zero-order valence-corrected chi connectivity index (χ0v) is 77.0. The van der Waals surface area contributed by atoms with E-state index in [0.717, 1.165) is 17.1 Å². The molecule has 3 heterocycles. The topological polar surface area (TPSA) is 13.1 Å². The van der Waals surface area contributed by atoms with Gasteiger partial charge in [-0.15, -0.1) is 22.7 Å². The molecule has 0 bridgehead atoms. The Bertz CT molecular complexity index is 6880. The molecule has 18 aromatic rings. The van der Waals surface area contributed by atoms with E-state index in [0.29, 0.717) is 5.92 Å². The Balaban J connectivity index is 0.0000000987. The van der Waals surface area contributed by atoms with E-state index in [9.17, 15) is 0 Å². The van der Waals surface area contributed by atoms with Crippen LogP contribution in [0, 0.1) is 48.5 Å². The van der Waals surface area contributed by atoms with Crippen LogP contribution in [-0.2, 0) is 21.7 Å². The SMILES string of the molecule is Cc1ccc2c(c1)-c1ccccc1C2(C)C.Cc1ccc2c(c1)C(C)(C)c1ccccc1-2.Cc1cccc2c1-c1ccccc1C2(C)C.Cc1cccc2c1C(C)(C)c1ccccc1-2.Cc1cccc2c1oc1c(C3CCCCC3)cccc12.Cc1cccc2c1sc1c(-c3ccccc3)cccc12.Cc1cccc2c1sc1c(C3CCCCC3)cccc12. The van der Waals surface area contributed by atoms with Gasteiger partial charge in [0.1, 0.15) is 11.2 Å². The molecule has 2 saturated carbocycles. The summed E-state index contributed by atoms with van der Waals surface area (Å²) in [4.78, 5) is 0. The lowest BCUT2D eigenvalue weighted by Gasteiger charge is -2.23. The fraction of sp³-hybridized carbons (Fsp3) is 0.256. The number of furan rings is 1. The summed E-state index contributed by atoms with van der Waals surface area (Å²) in [6.07, 6.45) is 13.8. The zero-order chi connectivity index (χ0) is 85.9. The minimum absolute atomic E-state index is 0.150. The van der Waals surface area contributed by atoms with Gasteiger partial charge in [-0.2, -0.15) is 0 Å². The van der Waals surface area contributed by atoms with Gasteiger partial charge < -0.3 is 4.42 Å². The quantitative estimate of drug-likeness (QED) is 0.172. The second kappa shape index (κ2) is 34.2. The van der Waals surface area contributed by atoms with Gasteiger partial charge in [0.2, 0.25) is 0 Å². The van der Waals surface area contributed by atoms with Crippen molar-refractivity contribution < 1.29 is 4.42 Å². The molecular weight excluding hydrogens is 1530 g/mol. The number of aryl methyl sites for hydroxylation is 7. The smallest absolute Gasteiger partial charge is 0.138 e. The summed E-state index contributed by atoms with van der Waals surface area (Å²) in [6.45, 7) is 33.8. The van der Waals surface area contributed by atoms with Crippen molar-refractivity contribution in [3.05, 3.63) is 404 Å². The summed E-state index contributed by atoms with van der Waals surface area (Å²) in [6, 6.07) is 113. The highest BCUT2D eigenvalue weighted by Crippen LogP contribution is 2.55. The highest BCUT2D eigenvalue weighted by Gasteiger charge is 2.39. The first-order chi connectivity index (χ1) is 60.0. The molecule has 0 atom stereocenters. The number of fused-ring (bicyclic) bond motifs is 21. The number of hydrogen-bond acceptors (Lipinski definition) is 3. The molecule has 0 unspecified atom stereocenters. The molecule has 6 aliphatic carbocycles. The monoisotopic (exact) mass is 1650 g/mol. The molecule has 620 valence electrons. The van der Waals surface area contributed by atoms with Crippen LogP contribution in [0.4, 0.5) is 0 Å². The lowest BCUT2D eigenvalue weighted by Crippen LogP contribution is -2.16. The van der Waals surface area contributed by atoms with Crippen LogP contribution in [-0.4, -0.2) is 0 Å². The van der Waals surface area contributed by atoms with Crippen molar-refractivity contribution in [2.75, 3.05) is 0 Å². The van der Waals surface area contributed by atoms with E-state index in [1.54, 1.807) is 10.3 Å². The van der Waals surface area contributed by atoms with Crippen molar-refractivity contribution in [2.24, 2.45) is 0 Å². The second-order valence-corrected chi connectivity index (χ2v) is 40.1. The van der Waals surface area contributed by atoms with Crippen LogP contribution in [0.15, 0.2) is 314 Å². The molecule has 0 saturated heterocycles. The van der Waals surface area contributed by atoms with Gasteiger partial charge in [-0.25, -0.2) is 0 Å². The fourth-order valence-electron chi connectivity index (χ4n) is 22.0. The summed E-state index contributed by atoms with van der Waals surface area (Å²) in [5.41, 5.74) is 41.0. The van der Waals surface area contributed by atoms with Crippen LogP contribution in [0.5, 0.6) is 0 Å². The van der Waals surface area contributed by atoms with Crippen molar-refractivity contribution >= 4 is 85.0 Å². The third-order valence-electron chi connectivity index (χ3n) is 28.5. The van der Waals surface area contributed by atoms with Crippen LogP contribution in [0.2, 0.25) is 0 Å². The van der Waals surface area contributed by atoms with Crippen molar-refractivity contribution in [3.8, 4) is 55.6 Å². The minimum Gasteiger partial charge on any atom is -0.455 e. The predicted molar refractivity (Wildman–Crippen MR) is 539 cm³/mol. The van der Waals surface area contributed by atoms with Crippen LogP contribution >= 0.6 is 22.7 Å². The largest absolute Gasteiger partial charge is 0.455 e. The average molecular weight is 1650 g/mol. The number of hydrogen-bond donors (Lipinski definition) is 0. The Morgan fingerprint density at radius 3 is 1.24 bits per heavy atom. The van der Waals surface area contributed by atoms with Gasteiger partial charge in [-0.3, -0.25) is 0 Å². The van der Waals surface area contributed by atoms with Crippen molar-refractivity contribution in [3.63, 3.8) is 0 Å². The van der Waals surface area contributed by atoms with Crippen molar-refractivity contribution in [2.45, 2.75) is 202 Å². The molecule has 0 N–H and O–H groups in total. The lowest BCUT2D eigenvalue weighted by molar-refractivity contribution is 0.442. The van der Waals surface area contributed by atoms with E-state index in [1.165, 1.54) is 255 Å². The molecule has 0 amide bonds. The summed E-state index contributed by atoms with van der Waals surface area (Å²) in [5.74, 6) is 1.48. The third-order valence-corrected chi connectivity index (χ3v) is 31.3. The molecule has 124 heavy (non-hydrogen) atoms. The van der Waals surface area contributed by atoms with Gasteiger partial charge in [-0.1, -0.05) is 414 Å². The van der Waals surface area contributed by atoms with Crippen LogP contribution in [0.3, 0.4) is 0 Å². The molecule has 1 nitrogen and oxygen atoms in total. The molecular formula is C121H118OS2. The van der Waals surface area contributed by atoms with E-state index in [-0.39, 0.29) is 21.7 Å². The fourth-order valence-corrected chi connectivity index (χ4v) is 24.6. The lowest BCUT2D eigenvalue weighted by atomic mass is 9.80. The molecule has 24 rings (SSSR count). The Morgan fingerprint density at radius 1 is 0.242 bits per heavy atom. The van der Waals surface area contributed by atoms with Crippen LogP contribution in [0.25, 0.3) is 118 Å². The molecule has 3 heteroatoms. The number of benzene rings is 15. The van der Waals surface area contributed by atoms with Gasteiger partial charge in [0.15, 0.2) is 0 Å². The Hall–Kier alpha value is -11.5. The summed E-state index contributed by atoms with van der Waals surface area (Å²) < 4.78 is 12.1. The summed E-state index contributed by atoms with van der Waals surface area (Å²) >= 11 is 3.92. The number of thiophene rings is 2. The standard InChI is InChI=1S/C19H20O.C19H20S.C19H14S.4C16H16/c3*1-13-7-5-11-16-17-12-6-10-15(19(17)20-18(13)16)14-8-3-2-4-9-14;1-11-7-6-9-13-12-8-4-5-10-14(12)16(2,3)15(11)13;1-11-7-6-10-14-15(11)12-8-4-5-9-13(12)16(14,2)3;1-11-8-9-15-13(10-11)12-6-4-5-7-14(12)16(15,2)3;1-11-8-9-13-12-6-4-5-7-14(12)16(2,3)15(13)10-11/h2*5-7,10-12,14H,2-4,8-9H2,1H3;2-12H,1H3;4*4-10H,1-3H3. The second-order valence-electron chi connectivity index (χ2n) is 38.1. The molecule has 15 aromatic carbocycles. The van der Waals surface area contributed by atoms with E-state index < -0.39 is 0 Å². The Kier molecular flexibility index (Phi) is 23.0. The molecule has 2 fully saturated rings. The Morgan fingerprint density at radius 2 is 0.621 bits per heavy atom. The first-order valence-electron chi connectivity index (χ1n) is 45.6. The number of para-hydroxylation sites is 2. The maximum absolute atomic E-state index is 6.27. The van der Waals surface area contributed by atoms with Gasteiger partial charge in [0.25, 0.3) is 0 Å². The van der Waals surface area contributed by atoms with Gasteiger partial charge >= 0.3 is 0 Å². The normalized spacial score (nSPS) is 15.4. The number of rotatable bonds is 3. The molecule has 3 aromatic heterocycles. The Labute approximate surface area is 745 Å². The van der Waals surface area contributed by atoms with E-state index >= 15 is 0 Å². The van der Waals surface area contributed by atoms with Gasteiger partial charge in [-0.05, 0) is 225 Å². The first kappa shape index (κ1) is 83.4. The van der Waals surface area contributed by atoms with E-state index in [2.05, 4.69) is 413 Å². The minimum atomic E-state index is 0.150.